The minimum atomic E-state index is -1.57. The predicted octanol–water partition coefficient (Wildman–Crippen LogP) is 16.1. The Kier molecular flexibility index (Phi) is 50.7. The number of hydrogen-bond donors (Lipinski definition) is 6. The van der Waals surface area contributed by atoms with Crippen LogP contribution < -0.4 is 5.32 Å². The van der Waals surface area contributed by atoms with E-state index in [1.165, 1.54) is 231 Å². The summed E-state index contributed by atoms with van der Waals surface area (Å²) in [6, 6.07) is -0.822. The maximum atomic E-state index is 13.1. The van der Waals surface area contributed by atoms with Crippen molar-refractivity contribution >= 4 is 5.91 Å². The molecule has 7 unspecified atom stereocenters. The molecule has 0 aliphatic carbocycles. The quantitative estimate of drug-likeness (QED) is 0.0261. The standard InChI is InChI=1S/C64H119NO8/c1-3-5-7-9-11-13-15-17-19-21-23-25-26-27-28-29-30-31-32-34-36-38-40-42-44-46-48-50-52-54-60(68)65-57(56-72-64-63(71)62(70)61(69)59(55-66)73-64)58(67)53-51-49-47-45-43-41-39-37-35-33-24-22-20-18-16-14-12-10-8-6-4-2/h15,17,21,23,43,45,51,53,57-59,61-64,66-67,69-71H,3-14,16,18-20,22,24-42,44,46-50,52,54-56H2,1-2H3,(H,65,68)/b17-15-,23-21-,45-43+,53-51+. The molecule has 0 radical (unpaired) electrons. The second-order valence-electron chi connectivity index (χ2n) is 21.8. The van der Waals surface area contributed by atoms with Gasteiger partial charge in [0.05, 0.1) is 25.4 Å². The number of nitrogens with one attached hydrogen (secondary N) is 1. The van der Waals surface area contributed by atoms with E-state index in [9.17, 15) is 30.3 Å². The second kappa shape index (κ2) is 53.5. The molecule has 73 heavy (non-hydrogen) atoms. The van der Waals surface area contributed by atoms with Crippen LogP contribution in [-0.2, 0) is 14.3 Å². The molecule has 9 nitrogen and oxygen atoms in total. The smallest absolute Gasteiger partial charge is 0.220 e. The third-order valence-electron chi connectivity index (χ3n) is 14.9. The van der Waals surface area contributed by atoms with E-state index in [-0.39, 0.29) is 12.5 Å². The third-order valence-corrected chi connectivity index (χ3v) is 14.9. The topological polar surface area (TPSA) is 149 Å². The molecule has 0 bridgehead atoms. The van der Waals surface area contributed by atoms with Crippen LogP contribution in [0.5, 0.6) is 0 Å². The fraction of sp³-hybridized carbons (Fsp3) is 0.859. The van der Waals surface area contributed by atoms with Crippen LogP contribution in [0.1, 0.15) is 296 Å². The van der Waals surface area contributed by atoms with E-state index in [0.29, 0.717) is 6.42 Å². The van der Waals surface area contributed by atoms with Crippen molar-refractivity contribution in [3.8, 4) is 0 Å². The zero-order valence-corrected chi connectivity index (χ0v) is 47.6. The molecule has 9 heteroatoms. The average Bonchev–Trinajstić information content (AvgIpc) is 3.39. The molecule has 0 spiro atoms. The Hall–Kier alpha value is -1.85. The molecule has 1 rings (SSSR count). The molecule has 6 N–H and O–H groups in total. The highest BCUT2D eigenvalue weighted by Gasteiger charge is 2.44. The Labute approximate surface area is 450 Å². The number of amides is 1. The first-order valence-electron chi connectivity index (χ1n) is 31.4. The van der Waals surface area contributed by atoms with Crippen LogP contribution in [0.3, 0.4) is 0 Å². The number of allylic oxidation sites excluding steroid dienone is 7. The van der Waals surface area contributed by atoms with E-state index in [2.05, 4.69) is 55.6 Å². The number of unbranched alkanes of at least 4 members (excludes halogenated alkanes) is 38. The average molecular weight is 1030 g/mol. The molecule has 0 aromatic heterocycles. The van der Waals surface area contributed by atoms with Crippen molar-refractivity contribution in [2.24, 2.45) is 0 Å². The van der Waals surface area contributed by atoms with Crippen LogP contribution >= 0.6 is 0 Å². The van der Waals surface area contributed by atoms with E-state index in [1.54, 1.807) is 6.08 Å². The summed E-state index contributed by atoms with van der Waals surface area (Å²) in [5.74, 6) is -0.183. The summed E-state index contributed by atoms with van der Waals surface area (Å²) >= 11 is 0. The van der Waals surface area contributed by atoms with Crippen molar-refractivity contribution in [1.82, 2.24) is 5.32 Å². The largest absolute Gasteiger partial charge is 0.394 e. The fourth-order valence-corrected chi connectivity index (χ4v) is 9.91. The summed E-state index contributed by atoms with van der Waals surface area (Å²) < 4.78 is 11.3. The summed E-state index contributed by atoms with van der Waals surface area (Å²) in [6.07, 6.45) is 64.8. The molecule has 1 heterocycles. The molecule has 1 aliphatic rings. The van der Waals surface area contributed by atoms with E-state index in [0.717, 1.165) is 44.9 Å². The summed E-state index contributed by atoms with van der Waals surface area (Å²) in [5, 5.41) is 54.6. The van der Waals surface area contributed by atoms with Gasteiger partial charge in [-0.15, -0.1) is 0 Å². The van der Waals surface area contributed by atoms with Crippen LogP contribution in [0.4, 0.5) is 0 Å². The van der Waals surface area contributed by atoms with E-state index in [1.807, 2.05) is 6.08 Å². The van der Waals surface area contributed by atoms with Gasteiger partial charge >= 0.3 is 0 Å². The lowest BCUT2D eigenvalue weighted by molar-refractivity contribution is -0.302. The highest BCUT2D eigenvalue weighted by molar-refractivity contribution is 5.76. The first kappa shape index (κ1) is 69.2. The highest BCUT2D eigenvalue weighted by Crippen LogP contribution is 2.23. The minimum absolute atomic E-state index is 0.183. The van der Waals surface area contributed by atoms with Crippen LogP contribution in [0.15, 0.2) is 48.6 Å². The number of ether oxygens (including phenoxy) is 2. The van der Waals surface area contributed by atoms with Crippen molar-refractivity contribution in [2.75, 3.05) is 13.2 Å². The fourth-order valence-electron chi connectivity index (χ4n) is 9.91. The molecule has 0 aromatic carbocycles. The molecule has 7 atom stereocenters. The minimum Gasteiger partial charge on any atom is -0.394 e. The van der Waals surface area contributed by atoms with Crippen LogP contribution in [0, 0.1) is 0 Å². The predicted molar refractivity (Wildman–Crippen MR) is 309 cm³/mol. The molecule has 1 saturated heterocycles. The van der Waals surface area contributed by atoms with Crippen LogP contribution in [-0.4, -0.2) is 87.5 Å². The number of rotatable bonds is 54. The van der Waals surface area contributed by atoms with E-state index in [4.69, 9.17) is 9.47 Å². The Morgan fingerprint density at radius 2 is 0.822 bits per heavy atom. The molecular weight excluding hydrogens is 911 g/mol. The maximum Gasteiger partial charge on any atom is 0.220 e. The number of carbonyl (C=O) groups is 1. The van der Waals surface area contributed by atoms with Gasteiger partial charge in [0, 0.05) is 6.42 Å². The Bertz CT molecular complexity index is 1290. The maximum absolute atomic E-state index is 13.1. The molecule has 1 aliphatic heterocycles. The second-order valence-corrected chi connectivity index (χ2v) is 21.8. The van der Waals surface area contributed by atoms with Gasteiger partial charge in [-0.3, -0.25) is 4.79 Å². The van der Waals surface area contributed by atoms with E-state index < -0.39 is 49.5 Å². The lowest BCUT2D eigenvalue weighted by atomic mass is 9.99. The Morgan fingerprint density at radius 1 is 0.466 bits per heavy atom. The zero-order valence-electron chi connectivity index (χ0n) is 47.6. The monoisotopic (exact) mass is 1030 g/mol. The molecular formula is C64H119NO8. The highest BCUT2D eigenvalue weighted by atomic mass is 16.7. The number of hydrogen-bond acceptors (Lipinski definition) is 8. The Balaban J connectivity index is 2.19. The summed E-state index contributed by atoms with van der Waals surface area (Å²) in [6.45, 7) is 3.79. The lowest BCUT2D eigenvalue weighted by Crippen LogP contribution is -2.60. The first-order valence-corrected chi connectivity index (χ1v) is 31.4. The van der Waals surface area contributed by atoms with Gasteiger partial charge in [0.25, 0.3) is 0 Å². The van der Waals surface area contributed by atoms with Gasteiger partial charge in [-0.1, -0.05) is 274 Å². The first-order chi connectivity index (χ1) is 35.8. The number of carbonyl (C=O) groups excluding carboxylic acids is 1. The van der Waals surface area contributed by atoms with Gasteiger partial charge in [0.2, 0.25) is 5.91 Å². The van der Waals surface area contributed by atoms with Gasteiger partial charge in [-0.25, -0.2) is 0 Å². The van der Waals surface area contributed by atoms with Crippen LogP contribution in [0.25, 0.3) is 0 Å². The third kappa shape index (κ3) is 42.9. The van der Waals surface area contributed by atoms with Gasteiger partial charge in [0.15, 0.2) is 6.29 Å². The SMILES string of the molecule is CCCCCCC/C=C\C/C=C\CCCCCCCCCCCCCCCCCCCC(=O)NC(COC1OC(CO)C(O)C(O)C1O)C(O)/C=C/CC/C=C/CCCCCCCCCCCCCCCCC. The molecule has 428 valence electrons. The summed E-state index contributed by atoms with van der Waals surface area (Å²) in [4.78, 5) is 13.1. The van der Waals surface area contributed by atoms with Gasteiger partial charge in [0.1, 0.15) is 24.4 Å². The van der Waals surface area contributed by atoms with Gasteiger partial charge < -0.3 is 40.3 Å². The van der Waals surface area contributed by atoms with Crippen molar-refractivity contribution in [3.63, 3.8) is 0 Å². The van der Waals surface area contributed by atoms with Gasteiger partial charge in [-0.2, -0.15) is 0 Å². The van der Waals surface area contributed by atoms with Crippen LogP contribution in [0.2, 0.25) is 0 Å². The molecule has 0 aromatic rings. The summed E-state index contributed by atoms with van der Waals surface area (Å²) in [7, 11) is 0. The van der Waals surface area contributed by atoms with Gasteiger partial charge in [-0.05, 0) is 64.2 Å². The normalized spacial score (nSPS) is 19.4. The lowest BCUT2D eigenvalue weighted by Gasteiger charge is -2.40. The summed E-state index contributed by atoms with van der Waals surface area (Å²) in [5.41, 5.74) is 0. The van der Waals surface area contributed by atoms with Crippen molar-refractivity contribution in [1.29, 1.82) is 0 Å². The van der Waals surface area contributed by atoms with Crippen molar-refractivity contribution in [3.05, 3.63) is 48.6 Å². The zero-order chi connectivity index (χ0) is 52.9. The van der Waals surface area contributed by atoms with Crippen molar-refractivity contribution in [2.45, 2.75) is 339 Å². The number of aliphatic hydroxyl groups excluding tert-OH is 5. The van der Waals surface area contributed by atoms with Crippen molar-refractivity contribution < 1.29 is 39.8 Å². The molecule has 1 amide bonds. The molecule has 1 fully saturated rings. The number of aliphatic hydroxyl groups is 5. The Morgan fingerprint density at radius 3 is 1.23 bits per heavy atom. The van der Waals surface area contributed by atoms with E-state index >= 15 is 0 Å². The molecule has 0 saturated carbocycles.